The topological polar surface area (TPSA) is 98.5 Å². The molecule has 0 aliphatic carbocycles. The van der Waals surface area contributed by atoms with Crippen LogP contribution in [0, 0.1) is 10.1 Å². The molecule has 0 saturated heterocycles. The fourth-order valence-corrected chi connectivity index (χ4v) is 2.24. The van der Waals surface area contributed by atoms with Crippen LogP contribution in [0.25, 0.3) is 0 Å². The average Bonchev–Trinajstić information content (AvgIpc) is 2.59. The van der Waals surface area contributed by atoms with Crippen LogP contribution in [0.4, 0.5) is 11.4 Å². The Morgan fingerprint density at radius 2 is 1.88 bits per heavy atom. The van der Waals surface area contributed by atoms with Gasteiger partial charge in [-0.1, -0.05) is 41.9 Å². The number of esters is 1. The first kappa shape index (κ1) is 18.4. The number of hydrogen-bond acceptors (Lipinski definition) is 5. The Morgan fingerprint density at radius 1 is 1.16 bits per heavy atom. The highest BCUT2D eigenvalue weighted by atomic mass is 35.5. The van der Waals surface area contributed by atoms with Crippen molar-refractivity contribution in [3.05, 3.63) is 69.2 Å². The summed E-state index contributed by atoms with van der Waals surface area (Å²) in [4.78, 5) is 33.8. The van der Waals surface area contributed by atoms with Crippen molar-refractivity contribution in [3.63, 3.8) is 0 Å². The molecule has 0 aromatic heterocycles. The number of nitro groups is 1. The van der Waals surface area contributed by atoms with Gasteiger partial charge < -0.3 is 10.1 Å². The van der Waals surface area contributed by atoms with Gasteiger partial charge in [0.25, 0.3) is 11.6 Å². The van der Waals surface area contributed by atoms with E-state index in [1.54, 1.807) is 0 Å². The summed E-state index contributed by atoms with van der Waals surface area (Å²) in [6, 6.07) is 13.2. The number of nitrogens with one attached hydrogen (secondary N) is 1. The van der Waals surface area contributed by atoms with E-state index in [4.69, 9.17) is 16.3 Å². The second kappa shape index (κ2) is 8.79. The SMILES string of the molecule is O=C(COC(=O)CCc1ccccc1)Nc1cc(Cl)ccc1[N+](=O)[O-]. The van der Waals surface area contributed by atoms with Gasteiger partial charge in [-0.25, -0.2) is 0 Å². The summed E-state index contributed by atoms with van der Waals surface area (Å²) in [5.41, 5.74) is 0.634. The molecule has 0 aliphatic heterocycles. The van der Waals surface area contributed by atoms with Crippen LogP contribution in [-0.2, 0) is 20.7 Å². The third-order valence-electron chi connectivity index (χ3n) is 3.25. The zero-order valence-corrected chi connectivity index (χ0v) is 13.9. The summed E-state index contributed by atoms with van der Waals surface area (Å²) < 4.78 is 4.87. The van der Waals surface area contributed by atoms with Crippen molar-refractivity contribution in [2.75, 3.05) is 11.9 Å². The molecule has 0 saturated carbocycles. The molecule has 2 aromatic rings. The molecule has 0 spiro atoms. The van der Waals surface area contributed by atoms with Crippen molar-refractivity contribution in [1.82, 2.24) is 0 Å². The van der Waals surface area contributed by atoms with Gasteiger partial charge in [-0.15, -0.1) is 0 Å². The molecule has 1 amide bonds. The van der Waals surface area contributed by atoms with Crippen LogP contribution < -0.4 is 5.32 Å². The van der Waals surface area contributed by atoms with E-state index < -0.39 is 23.4 Å². The van der Waals surface area contributed by atoms with E-state index >= 15 is 0 Å². The summed E-state index contributed by atoms with van der Waals surface area (Å²) >= 11 is 5.77. The van der Waals surface area contributed by atoms with Crippen LogP contribution in [0.5, 0.6) is 0 Å². The Morgan fingerprint density at radius 3 is 2.56 bits per heavy atom. The van der Waals surface area contributed by atoms with E-state index in [-0.39, 0.29) is 22.8 Å². The molecule has 7 nitrogen and oxygen atoms in total. The van der Waals surface area contributed by atoms with Crippen LogP contribution in [0.3, 0.4) is 0 Å². The van der Waals surface area contributed by atoms with Crippen molar-refractivity contribution >= 4 is 34.9 Å². The molecule has 0 atom stereocenters. The fourth-order valence-electron chi connectivity index (χ4n) is 2.06. The summed E-state index contributed by atoms with van der Waals surface area (Å²) in [7, 11) is 0. The number of hydrogen-bond donors (Lipinski definition) is 1. The number of anilines is 1. The molecule has 8 heteroatoms. The summed E-state index contributed by atoms with van der Waals surface area (Å²) in [5.74, 6) is -1.21. The lowest BCUT2D eigenvalue weighted by Crippen LogP contribution is -2.21. The van der Waals surface area contributed by atoms with Crippen LogP contribution in [0.1, 0.15) is 12.0 Å². The van der Waals surface area contributed by atoms with Gasteiger partial charge in [0.15, 0.2) is 6.61 Å². The second-order valence-corrected chi connectivity index (χ2v) is 5.55. The van der Waals surface area contributed by atoms with Crippen molar-refractivity contribution in [1.29, 1.82) is 0 Å². The third-order valence-corrected chi connectivity index (χ3v) is 3.49. The molecule has 2 aromatic carbocycles. The standard InChI is InChI=1S/C17H15ClN2O5/c18-13-7-8-15(20(23)24)14(10-13)19-16(21)11-25-17(22)9-6-12-4-2-1-3-5-12/h1-5,7-8,10H,6,9,11H2,(H,19,21). The molecule has 0 fully saturated rings. The predicted octanol–water partition coefficient (Wildman–Crippen LogP) is 3.36. The maximum atomic E-state index is 11.8. The molecule has 0 bridgehead atoms. The van der Waals surface area contributed by atoms with Crippen LogP contribution in [0.2, 0.25) is 5.02 Å². The van der Waals surface area contributed by atoms with Gasteiger partial charge in [0.1, 0.15) is 5.69 Å². The fraction of sp³-hybridized carbons (Fsp3) is 0.176. The van der Waals surface area contributed by atoms with Crippen molar-refractivity contribution < 1.29 is 19.2 Å². The lowest BCUT2D eigenvalue weighted by Gasteiger charge is -2.07. The smallest absolute Gasteiger partial charge is 0.306 e. The largest absolute Gasteiger partial charge is 0.456 e. The Bertz CT molecular complexity index is 780. The number of nitrogens with zero attached hydrogens (tertiary/aromatic N) is 1. The molecule has 0 heterocycles. The number of nitro benzene ring substituents is 1. The zero-order chi connectivity index (χ0) is 18.2. The number of rotatable bonds is 7. The molecule has 0 unspecified atom stereocenters. The maximum absolute atomic E-state index is 11.8. The molecular formula is C17H15ClN2O5. The summed E-state index contributed by atoms with van der Waals surface area (Å²) in [6.07, 6.45) is 0.635. The monoisotopic (exact) mass is 362 g/mol. The van der Waals surface area contributed by atoms with Crippen LogP contribution in [0.15, 0.2) is 48.5 Å². The number of aryl methyl sites for hydroxylation is 1. The van der Waals surface area contributed by atoms with Gasteiger partial charge >= 0.3 is 5.97 Å². The first-order valence-electron chi connectivity index (χ1n) is 7.39. The van der Waals surface area contributed by atoms with Gasteiger partial charge in [-0.2, -0.15) is 0 Å². The van der Waals surface area contributed by atoms with Gasteiger partial charge in [-0.05, 0) is 24.1 Å². The Labute approximate surface area is 148 Å². The molecule has 130 valence electrons. The average molecular weight is 363 g/mol. The number of ether oxygens (including phenoxy) is 1. The summed E-state index contributed by atoms with van der Waals surface area (Å²) in [5, 5.41) is 13.5. The predicted molar refractivity (Wildman–Crippen MR) is 92.5 cm³/mol. The van der Waals surface area contributed by atoms with E-state index in [0.717, 1.165) is 5.56 Å². The van der Waals surface area contributed by atoms with Gasteiger partial charge in [0.05, 0.1) is 4.92 Å². The van der Waals surface area contributed by atoms with E-state index in [9.17, 15) is 19.7 Å². The first-order valence-corrected chi connectivity index (χ1v) is 7.77. The Balaban J connectivity index is 1.83. The maximum Gasteiger partial charge on any atom is 0.306 e. The van der Waals surface area contributed by atoms with Crippen molar-refractivity contribution in [3.8, 4) is 0 Å². The molecule has 0 radical (unpaired) electrons. The molecule has 0 aliphatic rings. The number of carbonyl (C=O) groups excluding carboxylic acids is 2. The minimum absolute atomic E-state index is 0.0529. The highest BCUT2D eigenvalue weighted by Crippen LogP contribution is 2.27. The van der Waals surface area contributed by atoms with E-state index in [2.05, 4.69) is 5.32 Å². The highest BCUT2D eigenvalue weighted by molar-refractivity contribution is 6.31. The first-order chi connectivity index (χ1) is 12.0. The van der Waals surface area contributed by atoms with E-state index in [1.165, 1.54) is 18.2 Å². The number of halogens is 1. The number of benzene rings is 2. The van der Waals surface area contributed by atoms with Crippen molar-refractivity contribution in [2.24, 2.45) is 0 Å². The quantitative estimate of drug-likeness (QED) is 0.462. The minimum Gasteiger partial charge on any atom is -0.456 e. The van der Waals surface area contributed by atoms with E-state index in [0.29, 0.717) is 6.42 Å². The van der Waals surface area contributed by atoms with Gasteiger partial charge in [0.2, 0.25) is 0 Å². The molecule has 1 N–H and O–H groups in total. The lowest BCUT2D eigenvalue weighted by atomic mass is 10.1. The molecule has 25 heavy (non-hydrogen) atoms. The normalized spacial score (nSPS) is 10.1. The zero-order valence-electron chi connectivity index (χ0n) is 13.1. The second-order valence-electron chi connectivity index (χ2n) is 5.11. The van der Waals surface area contributed by atoms with Crippen molar-refractivity contribution in [2.45, 2.75) is 12.8 Å². The third kappa shape index (κ3) is 5.89. The lowest BCUT2D eigenvalue weighted by molar-refractivity contribution is -0.383. The van der Waals surface area contributed by atoms with Crippen LogP contribution >= 0.6 is 11.6 Å². The molecular weight excluding hydrogens is 348 g/mol. The van der Waals surface area contributed by atoms with E-state index in [1.807, 2.05) is 30.3 Å². The minimum atomic E-state index is -0.682. The molecule has 2 rings (SSSR count). The Kier molecular flexibility index (Phi) is 6.47. The number of amides is 1. The van der Waals surface area contributed by atoms with Gasteiger partial charge in [-0.3, -0.25) is 19.7 Å². The highest BCUT2D eigenvalue weighted by Gasteiger charge is 2.17. The number of carbonyl (C=O) groups is 2. The summed E-state index contributed by atoms with van der Waals surface area (Å²) in [6.45, 7) is -0.530. The van der Waals surface area contributed by atoms with Crippen LogP contribution in [-0.4, -0.2) is 23.4 Å². The Hall–Kier alpha value is -2.93. The van der Waals surface area contributed by atoms with Gasteiger partial charge in [0, 0.05) is 17.5 Å².